The molecule has 1 heterocycles. The van der Waals surface area contributed by atoms with Crippen molar-refractivity contribution in [3.05, 3.63) is 0 Å². The summed E-state index contributed by atoms with van der Waals surface area (Å²) in [6.07, 6.45) is 2.26. The van der Waals surface area contributed by atoms with Gasteiger partial charge in [0.25, 0.3) is 0 Å². The van der Waals surface area contributed by atoms with Crippen LogP contribution in [0.2, 0.25) is 0 Å². The zero-order chi connectivity index (χ0) is 16.9. The van der Waals surface area contributed by atoms with Gasteiger partial charge >= 0.3 is 0 Å². The van der Waals surface area contributed by atoms with E-state index in [1.165, 1.54) is 0 Å². The Balaban J connectivity index is 2.64. The number of hydrogen-bond acceptors (Lipinski definition) is 3. The van der Waals surface area contributed by atoms with Crippen molar-refractivity contribution in [2.75, 3.05) is 19.7 Å². The molecule has 2 unspecified atom stereocenters. The lowest BCUT2D eigenvalue weighted by Gasteiger charge is -2.36. The Morgan fingerprint density at radius 3 is 2.45 bits per heavy atom. The highest BCUT2D eigenvalue weighted by atomic mass is 16.3. The summed E-state index contributed by atoms with van der Waals surface area (Å²) in [7, 11) is 0. The minimum Gasteiger partial charge on any atom is -0.396 e. The Labute approximate surface area is 134 Å². The molecule has 1 fully saturated rings. The number of nitrogens with one attached hydrogen (secondary N) is 1. The van der Waals surface area contributed by atoms with Crippen LogP contribution in [-0.4, -0.2) is 47.6 Å². The van der Waals surface area contributed by atoms with Crippen LogP contribution in [-0.2, 0) is 9.59 Å². The van der Waals surface area contributed by atoms with Crippen LogP contribution in [0.4, 0.5) is 0 Å². The van der Waals surface area contributed by atoms with Crippen molar-refractivity contribution >= 4 is 11.8 Å². The third kappa shape index (κ3) is 5.27. The summed E-state index contributed by atoms with van der Waals surface area (Å²) in [5.74, 6) is 0.270. The number of rotatable bonds is 5. The van der Waals surface area contributed by atoms with Crippen molar-refractivity contribution in [2.24, 2.45) is 17.3 Å². The summed E-state index contributed by atoms with van der Waals surface area (Å²) in [4.78, 5) is 26.7. The molecular weight excluding hydrogens is 280 g/mol. The number of aliphatic hydroxyl groups excluding tert-OH is 1. The van der Waals surface area contributed by atoms with Crippen LogP contribution in [0, 0.1) is 17.3 Å². The number of amides is 2. The largest absolute Gasteiger partial charge is 0.396 e. The van der Waals surface area contributed by atoms with Gasteiger partial charge in [0, 0.05) is 31.2 Å². The molecule has 5 heteroatoms. The van der Waals surface area contributed by atoms with Crippen LogP contribution in [0.25, 0.3) is 0 Å². The number of nitrogens with zero attached hydrogens (tertiary/aromatic N) is 1. The van der Waals surface area contributed by atoms with E-state index in [-0.39, 0.29) is 36.3 Å². The summed E-state index contributed by atoms with van der Waals surface area (Å²) in [5, 5.41) is 12.2. The number of hydrogen-bond donors (Lipinski definition) is 2. The lowest BCUT2D eigenvalue weighted by atomic mass is 9.90. The molecule has 0 aliphatic carbocycles. The van der Waals surface area contributed by atoms with Gasteiger partial charge in [-0.2, -0.15) is 0 Å². The Hall–Kier alpha value is -1.10. The molecule has 0 aromatic rings. The number of carbonyl (C=O) groups excluding carboxylic acids is 2. The molecule has 0 aromatic carbocycles. The molecule has 0 radical (unpaired) electrons. The molecule has 1 aliphatic rings. The van der Waals surface area contributed by atoms with Crippen LogP contribution in [0.1, 0.15) is 53.9 Å². The van der Waals surface area contributed by atoms with Crippen LogP contribution in [0.15, 0.2) is 0 Å². The van der Waals surface area contributed by atoms with Gasteiger partial charge in [-0.1, -0.05) is 34.6 Å². The summed E-state index contributed by atoms with van der Waals surface area (Å²) >= 11 is 0. The van der Waals surface area contributed by atoms with Crippen molar-refractivity contribution in [2.45, 2.75) is 59.9 Å². The maximum absolute atomic E-state index is 12.5. The van der Waals surface area contributed by atoms with Crippen LogP contribution >= 0.6 is 0 Å². The van der Waals surface area contributed by atoms with Crippen molar-refractivity contribution in [3.8, 4) is 0 Å². The first-order valence-electron chi connectivity index (χ1n) is 8.37. The van der Waals surface area contributed by atoms with Gasteiger partial charge in [-0.3, -0.25) is 9.59 Å². The predicted molar refractivity (Wildman–Crippen MR) is 87.2 cm³/mol. The molecule has 5 nitrogen and oxygen atoms in total. The lowest BCUT2D eigenvalue weighted by molar-refractivity contribution is -0.143. The molecule has 1 rings (SSSR count). The SMILES string of the molecule is CC(C)C(CCO)NC(=O)C1CCCN(C(=O)C(C)(C)C)C1. The average Bonchev–Trinajstić information content (AvgIpc) is 2.44. The normalized spacial score (nSPS) is 20.9. The third-order valence-electron chi connectivity index (χ3n) is 4.29. The Bertz CT molecular complexity index is 388. The Morgan fingerprint density at radius 2 is 1.95 bits per heavy atom. The van der Waals surface area contributed by atoms with Gasteiger partial charge in [0.05, 0.1) is 5.92 Å². The second-order valence-electron chi connectivity index (χ2n) is 7.71. The molecule has 0 spiro atoms. The molecule has 22 heavy (non-hydrogen) atoms. The predicted octanol–water partition coefficient (Wildman–Crippen LogP) is 1.79. The maximum atomic E-state index is 12.5. The van der Waals surface area contributed by atoms with E-state index in [4.69, 9.17) is 5.11 Å². The highest BCUT2D eigenvalue weighted by Gasteiger charge is 2.34. The fourth-order valence-electron chi connectivity index (χ4n) is 2.86. The first-order valence-corrected chi connectivity index (χ1v) is 8.37. The van der Waals surface area contributed by atoms with E-state index in [1.807, 2.05) is 39.5 Å². The second-order valence-corrected chi connectivity index (χ2v) is 7.71. The van der Waals surface area contributed by atoms with Gasteiger partial charge in [-0.05, 0) is 25.2 Å². The lowest BCUT2D eigenvalue weighted by Crippen LogP contribution is -2.50. The molecule has 2 N–H and O–H groups in total. The topological polar surface area (TPSA) is 69.6 Å². The summed E-state index contributed by atoms with van der Waals surface area (Å²) in [6, 6.07) is -0.00815. The van der Waals surface area contributed by atoms with E-state index < -0.39 is 5.41 Å². The van der Waals surface area contributed by atoms with Gasteiger partial charge in [0.1, 0.15) is 0 Å². The first-order chi connectivity index (χ1) is 10.2. The highest BCUT2D eigenvalue weighted by Crippen LogP contribution is 2.24. The highest BCUT2D eigenvalue weighted by molar-refractivity contribution is 5.84. The third-order valence-corrected chi connectivity index (χ3v) is 4.29. The molecule has 0 saturated carbocycles. The van der Waals surface area contributed by atoms with E-state index in [1.54, 1.807) is 0 Å². The Kier molecular flexibility index (Phi) is 6.85. The van der Waals surface area contributed by atoms with E-state index in [9.17, 15) is 9.59 Å². The summed E-state index contributed by atoms with van der Waals surface area (Å²) < 4.78 is 0. The van der Waals surface area contributed by atoms with Crippen molar-refractivity contribution in [3.63, 3.8) is 0 Å². The zero-order valence-corrected chi connectivity index (χ0v) is 14.7. The first kappa shape index (κ1) is 18.9. The second kappa shape index (κ2) is 7.95. The summed E-state index contributed by atoms with van der Waals surface area (Å²) in [6.45, 7) is 11.1. The van der Waals surface area contributed by atoms with Crippen molar-refractivity contribution in [1.29, 1.82) is 0 Å². The number of aliphatic hydroxyl groups is 1. The molecular formula is C17H32N2O3. The monoisotopic (exact) mass is 312 g/mol. The summed E-state index contributed by atoms with van der Waals surface area (Å²) in [5.41, 5.74) is -0.407. The van der Waals surface area contributed by atoms with E-state index >= 15 is 0 Å². The van der Waals surface area contributed by atoms with Crippen molar-refractivity contribution in [1.82, 2.24) is 10.2 Å². The molecule has 1 saturated heterocycles. The van der Waals surface area contributed by atoms with Gasteiger partial charge < -0.3 is 15.3 Å². The smallest absolute Gasteiger partial charge is 0.227 e. The Morgan fingerprint density at radius 1 is 1.32 bits per heavy atom. The average molecular weight is 312 g/mol. The molecule has 128 valence electrons. The minimum absolute atomic E-state index is 0.00815. The number of piperidine rings is 1. The van der Waals surface area contributed by atoms with Crippen LogP contribution in [0.5, 0.6) is 0 Å². The molecule has 2 atom stereocenters. The number of carbonyl (C=O) groups is 2. The van der Waals surface area contributed by atoms with Crippen LogP contribution in [0.3, 0.4) is 0 Å². The molecule has 0 bridgehead atoms. The molecule has 0 aromatic heterocycles. The maximum Gasteiger partial charge on any atom is 0.227 e. The molecule has 2 amide bonds. The fraction of sp³-hybridized carbons (Fsp3) is 0.882. The molecule has 1 aliphatic heterocycles. The zero-order valence-electron chi connectivity index (χ0n) is 14.7. The van der Waals surface area contributed by atoms with Gasteiger partial charge in [-0.25, -0.2) is 0 Å². The van der Waals surface area contributed by atoms with E-state index in [0.29, 0.717) is 13.0 Å². The standard InChI is InChI=1S/C17H32N2O3/c1-12(2)14(8-10-20)18-15(21)13-7-6-9-19(11-13)16(22)17(3,4)5/h12-14,20H,6-11H2,1-5H3,(H,18,21). The number of likely N-dealkylation sites (tertiary alicyclic amines) is 1. The van der Waals surface area contributed by atoms with E-state index in [0.717, 1.165) is 19.4 Å². The minimum atomic E-state index is -0.407. The van der Waals surface area contributed by atoms with Gasteiger partial charge in [0.15, 0.2) is 0 Å². The van der Waals surface area contributed by atoms with Crippen molar-refractivity contribution < 1.29 is 14.7 Å². The van der Waals surface area contributed by atoms with E-state index in [2.05, 4.69) is 5.32 Å². The van der Waals surface area contributed by atoms with Gasteiger partial charge in [-0.15, -0.1) is 0 Å². The van der Waals surface area contributed by atoms with Gasteiger partial charge in [0.2, 0.25) is 11.8 Å². The quantitative estimate of drug-likeness (QED) is 0.813. The van der Waals surface area contributed by atoms with Crippen LogP contribution < -0.4 is 5.32 Å². The fourth-order valence-corrected chi connectivity index (χ4v) is 2.86.